The van der Waals surface area contributed by atoms with Gasteiger partial charge in [-0.25, -0.2) is 0 Å². The number of halogens is 1. The number of aromatic nitrogens is 1. The third kappa shape index (κ3) is 4.14. The molecular formula is C22H24ClN3O3. The Morgan fingerprint density at radius 1 is 1.17 bits per heavy atom. The van der Waals surface area contributed by atoms with Crippen LogP contribution in [-0.2, 0) is 16.1 Å². The fourth-order valence-corrected chi connectivity index (χ4v) is 4.34. The largest absolute Gasteiger partial charge is 0.353 e. The molecule has 0 radical (unpaired) electrons. The van der Waals surface area contributed by atoms with Crippen molar-refractivity contribution in [1.29, 1.82) is 0 Å². The topological polar surface area (TPSA) is 71.5 Å². The van der Waals surface area contributed by atoms with Gasteiger partial charge in [-0.05, 0) is 61.6 Å². The number of pyridine rings is 1. The Bertz CT molecular complexity index is 867. The second-order valence-electron chi connectivity index (χ2n) is 7.59. The van der Waals surface area contributed by atoms with Crippen LogP contribution >= 0.6 is 11.6 Å². The van der Waals surface area contributed by atoms with Crippen LogP contribution in [0.1, 0.15) is 48.0 Å². The van der Waals surface area contributed by atoms with Crippen LogP contribution in [0.3, 0.4) is 0 Å². The highest BCUT2D eigenvalue weighted by molar-refractivity contribution is 6.30. The van der Waals surface area contributed by atoms with Gasteiger partial charge in [0.25, 0.3) is 5.91 Å². The lowest BCUT2D eigenvalue weighted by Gasteiger charge is -2.41. The molecule has 2 aliphatic rings. The summed E-state index contributed by atoms with van der Waals surface area (Å²) in [6, 6.07) is 9.85. The summed E-state index contributed by atoms with van der Waals surface area (Å²) in [6.07, 6.45) is 7.98. The molecule has 0 unspecified atom stereocenters. The number of rotatable bonds is 4. The van der Waals surface area contributed by atoms with Crippen LogP contribution in [0.5, 0.6) is 0 Å². The molecule has 6 nitrogen and oxygen atoms in total. The average Bonchev–Trinajstić information content (AvgIpc) is 3.11. The van der Waals surface area contributed by atoms with Crippen molar-refractivity contribution in [2.75, 3.05) is 6.61 Å². The first-order valence-electron chi connectivity index (χ1n) is 9.99. The molecule has 7 heteroatoms. The lowest BCUT2D eigenvalue weighted by Crippen LogP contribution is -2.56. The van der Waals surface area contributed by atoms with Crippen LogP contribution in [0.15, 0.2) is 48.8 Å². The van der Waals surface area contributed by atoms with E-state index in [1.165, 1.54) is 0 Å². The summed E-state index contributed by atoms with van der Waals surface area (Å²) < 4.78 is 6.15. The van der Waals surface area contributed by atoms with Crippen LogP contribution in [0.2, 0.25) is 5.02 Å². The summed E-state index contributed by atoms with van der Waals surface area (Å²) in [7, 11) is 0. The highest BCUT2D eigenvalue weighted by atomic mass is 35.5. The third-order valence-corrected chi connectivity index (χ3v) is 5.95. The molecule has 1 aromatic carbocycles. The molecule has 1 aromatic heterocycles. The molecule has 1 saturated carbocycles. The van der Waals surface area contributed by atoms with Crippen molar-refractivity contribution in [3.05, 3.63) is 64.9 Å². The average molecular weight is 414 g/mol. The van der Waals surface area contributed by atoms with Crippen molar-refractivity contribution < 1.29 is 14.3 Å². The summed E-state index contributed by atoms with van der Waals surface area (Å²) in [5, 5.41) is 3.50. The monoisotopic (exact) mass is 413 g/mol. The summed E-state index contributed by atoms with van der Waals surface area (Å²) >= 11 is 5.98. The summed E-state index contributed by atoms with van der Waals surface area (Å²) in [5.41, 5.74) is 0.711. The molecule has 1 spiro atoms. The van der Waals surface area contributed by atoms with Gasteiger partial charge in [-0.1, -0.05) is 24.1 Å². The zero-order valence-electron chi connectivity index (χ0n) is 16.1. The molecule has 29 heavy (non-hydrogen) atoms. The Hall–Kier alpha value is -2.44. The maximum absolute atomic E-state index is 13.4. The van der Waals surface area contributed by atoms with E-state index in [0.717, 1.165) is 37.7 Å². The maximum Gasteiger partial charge on any atom is 0.256 e. The zero-order chi connectivity index (χ0) is 20.3. The van der Waals surface area contributed by atoms with Gasteiger partial charge < -0.3 is 10.1 Å². The van der Waals surface area contributed by atoms with Gasteiger partial charge in [-0.15, -0.1) is 0 Å². The van der Waals surface area contributed by atoms with Gasteiger partial charge >= 0.3 is 0 Å². The molecule has 4 rings (SSSR count). The van der Waals surface area contributed by atoms with Crippen molar-refractivity contribution in [3.8, 4) is 0 Å². The number of nitrogens with one attached hydrogen (secondary N) is 1. The van der Waals surface area contributed by atoms with Gasteiger partial charge in [-0.3, -0.25) is 19.5 Å². The van der Waals surface area contributed by atoms with Crippen molar-refractivity contribution in [3.63, 3.8) is 0 Å². The predicted octanol–water partition coefficient (Wildman–Crippen LogP) is 3.55. The Balaban J connectivity index is 1.57. The highest BCUT2D eigenvalue weighted by Gasteiger charge is 2.52. The number of amides is 2. The van der Waals surface area contributed by atoms with Gasteiger partial charge in [0.05, 0.1) is 6.61 Å². The van der Waals surface area contributed by atoms with Gasteiger partial charge in [0.2, 0.25) is 5.91 Å². The highest BCUT2D eigenvalue weighted by Crippen LogP contribution is 2.41. The van der Waals surface area contributed by atoms with Gasteiger partial charge in [0, 0.05) is 29.5 Å². The molecule has 1 aliphatic heterocycles. The molecule has 1 aliphatic carbocycles. The van der Waals surface area contributed by atoms with Crippen molar-refractivity contribution in [2.45, 2.75) is 50.4 Å². The number of hydrogen-bond donors (Lipinski definition) is 1. The van der Waals surface area contributed by atoms with E-state index in [0.29, 0.717) is 17.1 Å². The number of benzene rings is 1. The van der Waals surface area contributed by atoms with Crippen LogP contribution in [0, 0.1) is 0 Å². The van der Waals surface area contributed by atoms with Crippen LogP contribution in [0.25, 0.3) is 0 Å². The van der Waals surface area contributed by atoms with E-state index in [1.54, 1.807) is 41.6 Å². The fourth-order valence-electron chi connectivity index (χ4n) is 4.21. The minimum Gasteiger partial charge on any atom is -0.353 e. The first-order valence-corrected chi connectivity index (χ1v) is 10.4. The van der Waals surface area contributed by atoms with Gasteiger partial charge in [0.15, 0.2) is 0 Å². The number of nitrogens with zero attached hydrogens (tertiary/aromatic N) is 2. The number of carbonyl (C=O) groups is 2. The van der Waals surface area contributed by atoms with E-state index in [4.69, 9.17) is 16.3 Å². The predicted molar refractivity (Wildman–Crippen MR) is 109 cm³/mol. The third-order valence-electron chi connectivity index (χ3n) is 5.70. The van der Waals surface area contributed by atoms with E-state index in [-0.39, 0.29) is 18.4 Å². The molecule has 0 bridgehead atoms. The molecule has 2 fully saturated rings. The second kappa shape index (κ2) is 8.51. The van der Waals surface area contributed by atoms with Gasteiger partial charge in [-0.2, -0.15) is 0 Å². The van der Waals surface area contributed by atoms with Crippen molar-refractivity contribution >= 4 is 23.4 Å². The lowest BCUT2D eigenvalue weighted by molar-refractivity contribution is -0.127. The Morgan fingerprint density at radius 3 is 2.62 bits per heavy atom. The number of ether oxygens (including phenoxy) is 1. The molecule has 1 saturated heterocycles. The molecule has 2 aromatic rings. The van der Waals surface area contributed by atoms with Crippen LogP contribution in [-0.4, -0.2) is 40.1 Å². The second-order valence-corrected chi connectivity index (χ2v) is 8.03. The Morgan fingerprint density at radius 2 is 1.93 bits per heavy atom. The summed E-state index contributed by atoms with van der Waals surface area (Å²) in [5.74, 6) is -0.402. The minimum atomic E-state index is -0.703. The van der Waals surface area contributed by atoms with Crippen molar-refractivity contribution in [2.24, 2.45) is 0 Å². The quantitative estimate of drug-likeness (QED) is 0.832. The van der Waals surface area contributed by atoms with Crippen LogP contribution < -0.4 is 5.32 Å². The molecule has 1 atom stereocenters. The maximum atomic E-state index is 13.4. The Labute approximate surface area is 175 Å². The van der Waals surface area contributed by atoms with Crippen LogP contribution in [0.4, 0.5) is 0 Å². The standard InChI is InChI=1S/C22H24ClN3O3/c23-18-8-6-17(7-9-18)21(28)26-19(15-29-22(26)10-2-1-3-11-22)20(27)25-14-16-5-4-12-24-13-16/h4-9,12-13,19H,1-3,10-11,14-15H2,(H,25,27)/t19-/m1/s1. The molecule has 1 N–H and O–H groups in total. The zero-order valence-corrected chi connectivity index (χ0v) is 16.9. The molecule has 152 valence electrons. The Kier molecular flexibility index (Phi) is 5.83. The lowest BCUT2D eigenvalue weighted by atomic mass is 9.89. The molecular weight excluding hydrogens is 390 g/mol. The van der Waals surface area contributed by atoms with E-state index < -0.39 is 11.8 Å². The first-order chi connectivity index (χ1) is 14.1. The number of hydrogen-bond acceptors (Lipinski definition) is 4. The molecule has 2 amide bonds. The van der Waals surface area contributed by atoms with Crippen molar-refractivity contribution in [1.82, 2.24) is 15.2 Å². The van der Waals surface area contributed by atoms with E-state index >= 15 is 0 Å². The first kappa shape index (κ1) is 19.9. The minimum absolute atomic E-state index is 0.192. The molecule has 2 heterocycles. The van der Waals surface area contributed by atoms with E-state index in [9.17, 15) is 9.59 Å². The summed E-state index contributed by atoms with van der Waals surface area (Å²) in [6.45, 7) is 0.567. The SMILES string of the molecule is O=C(NCc1cccnc1)[C@H]1COC2(CCCCC2)N1C(=O)c1ccc(Cl)cc1. The fraction of sp³-hybridized carbons (Fsp3) is 0.409. The van der Waals surface area contributed by atoms with E-state index in [1.807, 2.05) is 12.1 Å². The van der Waals surface area contributed by atoms with E-state index in [2.05, 4.69) is 10.3 Å². The smallest absolute Gasteiger partial charge is 0.256 e. The number of carbonyl (C=O) groups excluding carboxylic acids is 2. The normalized spacial score (nSPS) is 20.6. The van der Waals surface area contributed by atoms with Gasteiger partial charge in [0.1, 0.15) is 11.8 Å². The summed E-state index contributed by atoms with van der Waals surface area (Å²) in [4.78, 5) is 32.2.